The van der Waals surface area contributed by atoms with Crippen LogP contribution in [0.4, 0.5) is 5.69 Å². The van der Waals surface area contributed by atoms with E-state index >= 15 is 0 Å². The number of benzene rings is 1. The Balaban J connectivity index is 1.75. The summed E-state index contributed by atoms with van der Waals surface area (Å²) in [6.45, 7) is 4.23. The maximum Gasteiger partial charge on any atom is 0.145 e. The Labute approximate surface area is 148 Å². The molecule has 0 amide bonds. The predicted octanol–water partition coefficient (Wildman–Crippen LogP) is 3.00. The molecule has 3 atom stereocenters. The molecule has 2 fully saturated rings. The predicted molar refractivity (Wildman–Crippen MR) is 98.2 cm³/mol. The van der Waals surface area contributed by atoms with Crippen molar-refractivity contribution in [1.29, 1.82) is 0 Å². The summed E-state index contributed by atoms with van der Waals surface area (Å²) in [4.78, 5) is 6.97. The molecule has 2 aliphatic rings. The van der Waals surface area contributed by atoms with E-state index in [0.717, 1.165) is 36.0 Å². The summed E-state index contributed by atoms with van der Waals surface area (Å²) in [5, 5.41) is 12.0. The molecule has 1 aromatic carbocycles. The second kappa shape index (κ2) is 6.46. The Morgan fingerprint density at radius 1 is 1.36 bits per heavy atom. The average molecular weight is 342 g/mol. The van der Waals surface area contributed by atoms with Gasteiger partial charge < -0.3 is 19.5 Å². The number of rotatable bonds is 3. The summed E-state index contributed by atoms with van der Waals surface area (Å²) in [5.41, 5.74) is 1.39. The van der Waals surface area contributed by atoms with Crippen LogP contribution in [-0.4, -0.2) is 48.6 Å². The Hall–Kier alpha value is -1.85. The van der Waals surface area contributed by atoms with E-state index in [1.807, 2.05) is 25.3 Å². The maximum atomic E-state index is 10.9. The van der Waals surface area contributed by atoms with Gasteiger partial charge in [0.2, 0.25) is 0 Å². The molecule has 0 unspecified atom stereocenters. The number of hydrogen-bond donors (Lipinski definition) is 1. The fourth-order valence-corrected chi connectivity index (χ4v) is 4.44. The van der Waals surface area contributed by atoms with Crippen molar-refractivity contribution in [1.82, 2.24) is 4.98 Å². The quantitative estimate of drug-likeness (QED) is 0.929. The van der Waals surface area contributed by atoms with Crippen LogP contribution >= 0.6 is 0 Å². The minimum Gasteiger partial charge on any atom is -0.494 e. The Kier molecular flexibility index (Phi) is 4.29. The molecule has 5 nitrogen and oxygen atoms in total. The van der Waals surface area contributed by atoms with Gasteiger partial charge in [-0.1, -0.05) is 12.1 Å². The Morgan fingerprint density at radius 2 is 2.24 bits per heavy atom. The SMILES string of the molecule is COc1cccc2c(N3CCC[C@@H]3[C@@H]3COCC[C@@]3(C)O)ccnc12. The number of fused-ring (bicyclic) bond motifs is 1. The summed E-state index contributed by atoms with van der Waals surface area (Å²) < 4.78 is 11.2. The topological polar surface area (TPSA) is 54.8 Å². The van der Waals surface area contributed by atoms with Gasteiger partial charge in [-0.05, 0) is 38.3 Å². The van der Waals surface area contributed by atoms with Crippen molar-refractivity contribution < 1.29 is 14.6 Å². The third-order valence-electron chi connectivity index (χ3n) is 5.85. The molecule has 1 N–H and O–H groups in total. The van der Waals surface area contributed by atoms with E-state index in [0.29, 0.717) is 19.6 Å². The van der Waals surface area contributed by atoms with Gasteiger partial charge in [0.1, 0.15) is 11.3 Å². The third kappa shape index (κ3) is 2.85. The van der Waals surface area contributed by atoms with Crippen LogP contribution in [-0.2, 0) is 4.74 Å². The number of hydrogen-bond acceptors (Lipinski definition) is 5. The lowest BCUT2D eigenvalue weighted by atomic mass is 9.79. The lowest BCUT2D eigenvalue weighted by Gasteiger charge is -2.44. The number of pyridine rings is 1. The standard InChI is InChI=1S/C20H26N2O3/c1-20(23)9-12-25-13-15(20)17-6-4-11-22(17)16-8-10-21-19-14(16)5-3-7-18(19)24-2/h3,5,7-8,10,15,17,23H,4,6,9,11-13H2,1-2H3/t15-,17+,20+/m0/s1. The van der Waals surface area contributed by atoms with Crippen LogP contribution in [0.25, 0.3) is 10.9 Å². The highest BCUT2D eigenvalue weighted by Crippen LogP contribution is 2.40. The van der Waals surface area contributed by atoms with Gasteiger partial charge in [0.25, 0.3) is 0 Å². The van der Waals surface area contributed by atoms with Crippen LogP contribution in [0, 0.1) is 5.92 Å². The van der Waals surface area contributed by atoms with Gasteiger partial charge in [0, 0.05) is 42.4 Å². The highest BCUT2D eigenvalue weighted by molar-refractivity contribution is 5.95. The summed E-state index contributed by atoms with van der Waals surface area (Å²) in [6, 6.07) is 8.42. The molecule has 25 heavy (non-hydrogen) atoms. The first kappa shape index (κ1) is 16.6. The lowest BCUT2D eigenvalue weighted by Crippen LogP contribution is -2.52. The average Bonchev–Trinajstić information content (AvgIpc) is 3.09. The molecule has 2 aliphatic heterocycles. The van der Waals surface area contributed by atoms with E-state index in [1.165, 1.54) is 5.69 Å². The normalized spacial score (nSPS) is 30.0. The van der Waals surface area contributed by atoms with Crippen LogP contribution in [0.3, 0.4) is 0 Å². The summed E-state index contributed by atoms with van der Waals surface area (Å²) in [7, 11) is 1.68. The molecule has 4 rings (SSSR count). The fraction of sp³-hybridized carbons (Fsp3) is 0.550. The number of aromatic nitrogens is 1. The molecule has 0 bridgehead atoms. The Morgan fingerprint density at radius 3 is 3.04 bits per heavy atom. The molecule has 1 aromatic heterocycles. The van der Waals surface area contributed by atoms with E-state index < -0.39 is 5.60 Å². The largest absolute Gasteiger partial charge is 0.494 e. The van der Waals surface area contributed by atoms with Gasteiger partial charge in [-0.25, -0.2) is 0 Å². The second-order valence-electron chi connectivity index (χ2n) is 7.38. The van der Waals surface area contributed by atoms with Crippen molar-refractivity contribution in [2.45, 2.75) is 37.8 Å². The maximum absolute atomic E-state index is 10.9. The summed E-state index contributed by atoms with van der Waals surface area (Å²) >= 11 is 0. The zero-order valence-corrected chi connectivity index (χ0v) is 14.9. The van der Waals surface area contributed by atoms with Crippen LogP contribution in [0.1, 0.15) is 26.2 Å². The van der Waals surface area contributed by atoms with E-state index in [2.05, 4.69) is 22.0 Å². The molecular formula is C20H26N2O3. The van der Waals surface area contributed by atoms with Crippen LogP contribution < -0.4 is 9.64 Å². The van der Waals surface area contributed by atoms with Crippen molar-refractivity contribution in [2.75, 3.05) is 31.8 Å². The zero-order chi connectivity index (χ0) is 17.4. The van der Waals surface area contributed by atoms with Crippen molar-refractivity contribution in [2.24, 2.45) is 5.92 Å². The van der Waals surface area contributed by atoms with Gasteiger partial charge in [-0.3, -0.25) is 4.98 Å². The second-order valence-corrected chi connectivity index (χ2v) is 7.38. The van der Waals surface area contributed by atoms with Crippen molar-refractivity contribution in [3.8, 4) is 5.75 Å². The molecule has 5 heteroatoms. The third-order valence-corrected chi connectivity index (χ3v) is 5.85. The molecular weight excluding hydrogens is 316 g/mol. The number of aliphatic hydroxyl groups is 1. The molecule has 134 valence electrons. The highest BCUT2D eigenvalue weighted by atomic mass is 16.5. The van der Waals surface area contributed by atoms with E-state index in [4.69, 9.17) is 9.47 Å². The first-order valence-electron chi connectivity index (χ1n) is 9.10. The molecule has 3 heterocycles. The van der Waals surface area contributed by atoms with Crippen LogP contribution in [0.15, 0.2) is 30.5 Å². The van der Waals surface area contributed by atoms with Gasteiger partial charge in [0.05, 0.1) is 19.3 Å². The van der Waals surface area contributed by atoms with Crippen LogP contribution in [0.2, 0.25) is 0 Å². The van der Waals surface area contributed by atoms with Crippen molar-refractivity contribution in [3.63, 3.8) is 0 Å². The monoisotopic (exact) mass is 342 g/mol. The van der Waals surface area contributed by atoms with E-state index in [-0.39, 0.29) is 12.0 Å². The number of nitrogens with zero attached hydrogens (tertiary/aromatic N) is 2. The van der Waals surface area contributed by atoms with Crippen molar-refractivity contribution in [3.05, 3.63) is 30.5 Å². The van der Waals surface area contributed by atoms with Crippen molar-refractivity contribution >= 4 is 16.6 Å². The minimum atomic E-state index is -0.675. The zero-order valence-electron chi connectivity index (χ0n) is 14.9. The molecule has 2 aromatic rings. The molecule has 0 saturated carbocycles. The number of para-hydroxylation sites is 1. The van der Waals surface area contributed by atoms with Gasteiger partial charge >= 0.3 is 0 Å². The summed E-state index contributed by atoms with van der Waals surface area (Å²) in [5.74, 6) is 0.917. The molecule has 0 radical (unpaired) electrons. The lowest BCUT2D eigenvalue weighted by molar-refractivity contribution is -0.108. The van der Waals surface area contributed by atoms with Gasteiger partial charge in [0.15, 0.2) is 0 Å². The first-order valence-corrected chi connectivity index (χ1v) is 9.10. The number of anilines is 1. The van der Waals surface area contributed by atoms with Crippen LogP contribution in [0.5, 0.6) is 5.75 Å². The molecule has 0 aliphatic carbocycles. The smallest absolute Gasteiger partial charge is 0.145 e. The number of methoxy groups -OCH3 is 1. The first-order chi connectivity index (χ1) is 12.1. The van der Waals surface area contributed by atoms with Gasteiger partial charge in [-0.15, -0.1) is 0 Å². The Bertz CT molecular complexity index is 762. The van der Waals surface area contributed by atoms with Gasteiger partial charge in [-0.2, -0.15) is 0 Å². The minimum absolute atomic E-state index is 0.123. The number of ether oxygens (including phenoxy) is 2. The molecule has 2 saturated heterocycles. The van der Waals surface area contributed by atoms with E-state index in [9.17, 15) is 5.11 Å². The highest BCUT2D eigenvalue weighted by Gasteiger charge is 2.44. The summed E-state index contributed by atoms with van der Waals surface area (Å²) in [6.07, 6.45) is 4.76. The fourth-order valence-electron chi connectivity index (χ4n) is 4.44. The van der Waals surface area contributed by atoms with E-state index in [1.54, 1.807) is 7.11 Å². The molecule has 0 spiro atoms.